The zero-order valence-corrected chi connectivity index (χ0v) is 10.1. The zero-order chi connectivity index (χ0) is 11.5. The quantitative estimate of drug-likeness (QED) is 0.917. The molecule has 1 N–H and O–H groups in total. The van der Waals surface area contributed by atoms with Gasteiger partial charge in [-0.2, -0.15) is 5.26 Å². The lowest BCUT2D eigenvalue weighted by molar-refractivity contribution is 0.459. The number of halogens is 1. The first-order chi connectivity index (χ1) is 7.69. The average Bonchev–Trinajstić information content (AvgIpc) is 2.67. The van der Waals surface area contributed by atoms with E-state index in [4.69, 9.17) is 10.00 Å². The normalized spacial score (nSPS) is 9.81. The van der Waals surface area contributed by atoms with E-state index in [0.717, 1.165) is 10.2 Å². The van der Waals surface area contributed by atoms with Gasteiger partial charge in [0.1, 0.15) is 5.75 Å². The molecule has 0 amide bonds. The molecule has 80 valence electrons. The van der Waals surface area contributed by atoms with Gasteiger partial charge < -0.3 is 4.74 Å². The van der Waals surface area contributed by atoms with Gasteiger partial charge in [-0.1, -0.05) is 0 Å². The third-order valence-corrected chi connectivity index (χ3v) is 2.58. The highest BCUT2D eigenvalue weighted by Gasteiger charge is 2.05. The summed E-state index contributed by atoms with van der Waals surface area (Å²) in [6.07, 6.45) is 0. The molecule has 0 unspecified atom stereocenters. The summed E-state index contributed by atoms with van der Waals surface area (Å²) in [7, 11) is 0. The zero-order valence-electron chi connectivity index (χ0n) is 8.49. The van der Waals surface area contributed by atoms with Crippen LogP contribution in [0.5, 0.6) is 11.6 Å². The van der Waals surface area contributed by atoms with Crippen molar-refractivity contribution in [2.75, 3.05) is 0 Å². The van der Waals surface area contributed by atoms with Crippen molar-refractivity contribution in [1.82, 2.24) is 10.2 Å². The summed E-state index contributed by atoms with van der Waals surface area (Å²) in [5, 5.41) is 15.5. The van der Waals surface area contributed by atoms with Crippen LogP contribution in [-0.4, -0.2) is 10.2 Å². The molecule has 4 nitrogen and oxygen atoms in total. The van der Waals surface area contributed by atoms with Crippen LogP contribution in [0.3, 0.4) is 0 Å². The second-order valence-electron chi connectivity index (χ2n) is 3.25. The van der Waals surface area contributed by atoms with Crippen LogP contribution in [0.15, 0.2) is 28.7 Å². The van der Waals surface area contributed by atoms with E-state index in [1.165, 1.54) is 0 Å². The minimum Gasteiger partial charge on any atom is -0.436 e. The highest BCUT2D eigenvalue weighted by atomic mass is 79.9. The van der Waals surface area contributed by atoms with E-state index in [9.17, 15) is 0 Å². The molecule has 1 aromatic heterocycles. The number of aromatic nitrogens is 2. The molecule has 1 aromatic carbocycles. The standard InChI is InChI=1S/C11H8BrN3O/c1-7-4-11(15-14-7)16-10-3-2-8(6-13)5-9(10)12/h2-5H,1H3,(H,14,15). The molecule has 0 saturated carbocycles. The fourth-order valence-corrected chi connectivity index (χ4v) is 1.67. The molecule has 0 aliphatic rings. The van der Waals surface area contributed by atoms with Gasteiger partial charge in [-0.3, -0.25) is 5.10 Å². The Kier molecular flexibility index (Phi) is 2.93. The number of hydrogen-bond acceptors (Lipinski definition) is 3. The first-order valence-corrected chi connectivity index (χ1v) is 5.38. The molecule has 0 radical (unpaired) electrons. The van der Waals surface area contributed by atoms with Crippen molar-refractivity contribution in [3.63, 3.8) is 0 Å². The highest BCUT2D eigenvalue weighted by molar-refractivity contribution is 9.10. The Morgan fingerprint density at radius 3 is 2.81 bits per heavy atom. The summed E-state index contributed by atoms with van der Waals surface area (Å²) in [5.74, 6) is 1.13. The van der Waals surface area contributed by atoms with Gasteiger partial charge in [0, 0.05) is 11.8 Å². The first-order valence-electron chi connectivity index (χ1n) is 4.58. The van der Waals surface area contributed by atoms with Crippen molar-refractivity contribution in [3.8, 4) is 17.7 Å². The lowest BCUT2D eigenvalue weighted by Gasteiger charge is -2.04. The fraction of sp³-hybridized carbons (Fsp3) is 0.0909. The molecule has 1 heterocycles. The van der Waals surface area contributed by atoms with Gasteiger partial charge in [-0.25, -0.2) is 0 Å². The van der Waals surface area contributed by atoms with Crippen LogP contribution in [-0.2, 0) is 0 Å². The van der Waals surface area contributed by atoms with Crippen LogP contribution in [0.1, 0.15) is 11.3 Å². The summed E-state index contributed by atoms with van der Waals surface area (Å²) in [5.41, 5.74) is 1.51. The van der Waals surface area contributed by atoms with Crippen LogP contribution in [0, 0.1) is 18.3 Å². The predicted octanol–water partition coefficient (Wildman–Crippen LogP) is 3.14. The second kappa shape index (κ2) is 4.37. The Balaban J connectivity index is 2.26. The molecule has 0 saturated heterocycles. The third kappa shape index (κ3) is 2.23. The number of hydrogen-bond donors (Lipinski definition) is 1. The van der Waals surface area contributed by atoms with Crippen LogP contribution >= 0.6 is 15.9 Å². The van der Waals surface area contributed by atoms with Crippen molar-refractivity contribution >= 4 is 15.9 Å². The second-order valence-corrected chi connectivity index (χ2v) is 4.10. The number of benzene rings is 1. The van der Waals surface area contributed by atoms with Crippen LogP contribution in [0.25, 0.3) is 0 Å². The van der Waals surface area contributed by atoms with E-state index in [-0.39, 0.29) is 0 Å². The lowest BCUT2D eigenvalue weighted by atomic mass is 10.2. The summed E-state index contributed by atoms with van der Waals surface area (Å²) in [4.78, 5) is 0. The fourth-order valence-electron chi connectivity index (χ4n) is 1.21. The highest BCUT2D eigenvalue weighted by Crippen LogP contribution is 2.29. The number of ether oxygens (including phenoxy) is 1. The van der Waals surface area contributed by atoms with Crippen molar-refractivity contribution in [2.45, 2.75) is 6.92 Å². The number of nitriles is 1. The summed E-state index contributed by atoms with van der Waals surface area (Å²) in [6.45, 7) is 1.90. The maximum Gasteiger partial charge on any atom is 0.238 e. The average molecular weight is 278 g/mol. The van der Waals surface area contributed by atoms with Gasteiger partial charge in [-0.05, 0) is 41.1 Å². The van der Waals surface area contributed by atoms with Crippen molar-refractivity contribution < 1.29 is 4.74 Å². The summed E-state index contributed by atoms with van der Waals surface area (Å²) in [6, 6.07) is 8.98. The predicted molar refractivity (Wildman–Crippen MR) is 62.3 cm³/mol. The van der Waals surface area contributed by atoms with E-state index in [1.54, 1.807) is 24.3 Å². The molecule has 5 heteroatoms. The van der Waals surface area contributed by atoms with Gasteiger partial charge >= 0.3 is 0 Å². The molecular weight excluding hydrogens is 270 g/mol. The van der Waals surface area contributed by atoms with Crippen molar-refractivity contribution in [2.24, 2.45) is 0 Å². The van der Waals surface area contributed by atoms with Gasteiger partial charge in [-0.15, -0.1) is 5.10 Å². The van der Waals surface area contributed by atoms with Gasteiger partial charge in [0.15, 0.2) is 0 Å². The van der Waals surface area contributed by atoms with Crippen LogP contribution in [0.4, 0.5) is 0 Å². The number of nitrogens with zero attached hydrogens (tertiary/aromatic N) is 2. The molecule has 0 spiro atoms. The maximum atomic E-state index is 8.72. The van der Waals surface area contributed by atoms with Crippen molar-refractivity contribution in [1.29, 1.82) is 5.26 Å². The van der Waals surface area contributed by atoms with E-state index in [1.807, 2.05) is 6.92 Å². The largest absolute Gasteiger partial charge is 0.436 e. The van der Waals surface area contributed by atoms with Crippen molar-refractivity contribution in [3.05, 3.63) is 40.0 Å². The number of H-pyrrole nitrogens is 1. The molecule has 2 rings (SSSR count). The Morgan fingerprint density at radius 1 is 1.44 bits per heavy atom. The minimum absolute atomic E-state index is 0.503. The van der Waals surface area contributed by atoms with E-state index in [0.29, 0.717) is 17.2 Å². The maximum absolute atomic E-state index is 8.72. The molecular formula is C11H8BrN3O. The molecule has 16 heavy (non-hydrogen) atoms. The number of nitrogens with one attached hydrogen (secondary N) is 1. The third-order valence-electron chi connectivity index (χ3n) is 1.96. The molecule has 0 fully saturated rings. The lowest BCUT2D eigenvalue weighted by Crippen LogP contribution is -1.86. The Hall–Kier alpha value is -1.80. The molecule has 0 aliphatic heterocycles. The van der Waals surface area contributed by atoms with E-state index in [2.05, 4.69) is 32.2 Å². The first kappa shape index (κ1) is 10.7. The van der Waals surface area contributed by atoms with Gasteiger partial charge in [0.25, 0.3) is 0 Å². The summed E-state index contributed by atoms with van der Waals surface area (Å²) >= 11 is 3.34. The van der Waals surface area contributed by atoms with E-state index >= 15 is 0 Å². The molecule has 2 aromatic rings. The van der Waals surface area contributed by atoms with E-state index < -0.39 is 0 Å². The SMILES string of the molecule is Cc1cc(Oc2ccc(C#N)cc2Br)n[nH]1. The monoisotopic (exact) mass is 277 g/mol. The Morgan fingerprint density at radius 2 is 2.25 bits per heavy atom. The number of rotatable bonds is 2. The van der Waals surface area contributed by atoms with Crippen LogP contribution in [0.2, 0.25) is 0 Å². The molecule has 0 atom stereocenters. The summed E-state index contributed by atoms with van der Waals surface area (Å²) < 4.78 is 6.26. The number of aryl methyl sites for hydroxylation is 1. The van der Waals surface area contributed by atoms with Gasteiger partial charge in [0.2, 0.25) is 5.88 Å². The molecule has 0 bridgehead atoms. The van der Waals surface area contributed by atoms with Gasteiger partial charge in [0.05, 0.1) is 16.1 Å². The molecule has 0 aliphatic carbocycles. The Labute approximate surface area is 101 Å². The number of aromatic amines is 1. The smallest absolute Gasteiger partial charge is 0.238 e. The Bertz CT molecular complexity index is 557. The minimum atomic E-state index is 0.503. The topological polar surface area (TPSA) is 61.7 Å². The van der Waals surface area contributed by atoms with Crippen LogP contribution < -0.4 is 4.74 Å².